The van der Waals surface area contributed by atoms with Gasteiger partial charge in [-0.1, -0.05) is 283 Å². The SMILES string of the molecule is C.O=C(OCc1ccccc1)N1CCC(CC[C@@H]2CCC[C@H](Nc3ncc(Cl)c(-c4c[nH]c5ccccc45)n3)C2)CC1.O=C(OCc1ccccc1)N1CCC(CC[C@H]2CCCC(Nc3ncc(Cl)c(-c4cn(S(=O)(=O)c5ccccc5)c5ccccc45)n3)C2)CC1.O=C(OCc1ccccc1)N1CCC(CC[C@H]2CCC[C@@H](Nc3ncc(Cl)c(-c4c[nH]c5ccccc45)n3)C2)CC1.O=CO[O-].[H-].[K+].[K+]. The van der Waals surface area contributed by atoms with Crippen molar-refractivity contribution >= 4 is 120 Å². The van der Waals surface area contributed by atoms with Gasteiger partial charge in [-0.05, 0) is 160 Å². The Bertz CT molecular complexity index is 5980. The van der Waals surface area contributed by atoms with Crippen LogP contribution in [-0.4, -0.2) is 149 Å². The Morgan fingerprint density at radius 3 is 1.06 bits per heavy atom. The molecule has 32 heteroatoms. The molecule has 6 aromatic heterocycles. The number of para-hydroxylation sites is 3. The molecule has 26 nitrogen and oxygen atoms in total. The summed E-state index contributed by atoms with van der Waals surface area (Å²) in [4.78, 5) is 89.4. The van der Waals surface area contributed by atoms with Crippen LogP contribution in [0.4, 0.5) is 32.2 Å². The number of halogens is 3. The number of hydrogen-bond acceptors (Lipinski definition) is 20. The molecule has 13 aromatic rings. The molecule has 1 unspecified atom stereocenters. The molecule has 6 aliphatic rings. The van der Waals surface area contributed by atoms with Gasteiger partial charge in [0.2, 0.25) is 17.8 Å². The first-order valence-corrected chi connectivity index (χ1v) is 50.6. The molecular weight excluding hydrogens is 1890 g/mol. The quantitative estimate of drug-likeness (QED) is 0.0105. The molecule has 0 spiro atoms. The van der Waals surface area contributed by atoms with Crippen LogP contribution in [0.5, 0.6) is 0 Å². The molecule has 19 rings (SSSR count). The number of aromatic amines is 2. The number of piperidine rings is 3. The number of carbonyl (C=O) groups excluding carboxylic acids is 4. The van der Waals surface area contributed by atoms with Crippen molar-refractivity contribution < 1.29 is 156 Å². The number of likely N-dealkylation sites (tertiary alicyclic amines) is 3. The van der Waals surface area contributed by atoms with Gasteiger partial charge in [-0.2, -0.15) is 0 Å². The molecule has 7 aromatic carbocycles. The van der Waals surface area contributed by atoms with E-state index in [2.05, 4.69) is 70.0 Å². The number of ether oxygens (including phenoxy) is 3. The summed E-state index contributed by atoms with van der Waals surface area (Å²) in [6, 6.07) is 62.7. The van der Waals surface area contributed by atoms with Crippen molar-refractivity contribution in [3.63, 3.8) is 0 Å². The van der Waals surface area contributed by atoms with Crippen LogP contribution in [0.1, 0.15) is 180 Å². The van der Waals surface area contributed by atoms with Gasteiger partial charge in [0.1, 0.15) is 19.8 Å². The molecule has 5 N–H and O–H groups in total. The van der Waals surface area contributed by atoms with E-state index < -0.39 is 10.0 Å². The van der Waals surface area contributed by atoms with E-state index in [0.29, 0.717) is 117 Å². The topological polar surface area (TPSA) is 322 Å². The summed E-state index contributed by atoms with van der Waals surface area (Å²) in [7, 11) is -3.85. The first-order chi connectivity index (χ1) is 66.5. The van der Waals surface area contributed by atoms with Gasteiger partial charge in [-0.15, -0.1) is 0 Å². The summed E-state index contributed by atoms with van der Waals surface area (Å²) < 4.78 is 45.3. The van der Waals surface area contributed by atoms with E-state index in [1.807, 2.05) is 161 Å². The van der Waals surface area contributed by atoms with E-state index in [4.69, 9.17) is 74.0 Å². The average Bonchev–Trinajstić information content (AvgIpc) is 1.57. The summed E-state index contributed by atoms with van der Waals surface area (Å²) in [6.07, 6.45) is 37.5. The van der Waals surface area contributed by atoms with Crippen LogP contribution < -0.4 is 124 Å². The Morgan fingerprint density at radius 2 is 0.712 bits per heavy atom. The third-order valence-corrected chi connectivity index (χ3v) is 30.2. The first-order valence-electron chi connectivity index (χ1n) is 48.0. The zero-order valence-corrected chi connectivity index (χ0v) is 87.9. The van der Waals surface area contributed by atoms with E-state index in [1.54, 1.807) is 61.2 Å². The molecule has 3 saturated carbocycles. The molecule has 3 aliphatic heterocycles. The third-order valence-electron chi connectivity index (χ3n) is 27.7. The Kier molecular flexibility index (Phi) is 41.7. The van der Waals surface area contributed by atoms with Crippen molar-refractivity contribution in [2.24, 2.45) is 35.5 Å². The molecular formula is C107H124Cl3K2N15O11S. The fourth-order valence-corrected chi connectivity index (χ4v) is 22.3. The number of rotatable bonds is 27. The van der Waals surface area contributed by atoms with Gasteiger partial charge in [-0.25, -0.2) is 56.7 Å². The molecule has 139 heavy (non-hydrogen) atoms. The second kappa shape index (κ2) is 54.0. The Morgan fingerprint density at radius 1 is 0.410 bits per heavy atom. The number of amides is 3. The smallest absolute Gasteiger partial charge is 1.00 e. The van der Waals surface area contributed by atoms with Gasteiger partial charge in [0, 0.05) is 120 Å². The van der Waals surface area contributed by atoms with Crippen molar-refractivity contribution in [2.75, 3.05) is 55.2 Å². The van der Waals surface area contributed by atoms with Gasteiger partial charge in [0.25, 0.3) is 16.5 Å². The van der Waals surface area contributed by atoms with Crippen LogP contribution in [-0.2, 0) is 53.7 Å². The van der Waals surface area contributed by atoms with Crippen LogP contribution in [0.15, 0.2) is 236 Å². The van der Waals surface area contributed by atoms with E-state index in [9.17, 15) is 22.8 Å². The van der Waals surface area contributed by atoms with Gasteiger partial charge in [0.05, 0.1) is 61.2 Å². The van der Waals surface area contributed by atoms with E-state index >= 15 is 0 Å². The Balaban J connectivity index is 0.000000183. The van der Waals surface area contributed by atoms with Crippen LogP contribution in [0.3, 0.4) is 0 Å². The minimum atomic E-state index is -3.85. The van der Waals surface area contributed by atoms with E-state index in [1.165, 1.54) is 74.6 Å². The Labute approximate surface area is 916 Å². The maximum Gasteiger partial charge on any atom is 1.00 e. The average molecular weight is 2010 g/mol. The zero-order valence-electron chi connectivity index (χ0n) is 79.6. The second-order valence-corrected chi connectivity index (χ2v) is 39.8. The normalized spacial score (nSPS) is 18.5. The summed E-state index contributed by atoms with van der Waals surface area (Å²) in [6.45, 7) is 5.46. The number of hydrogen-bond donors (Lipinski definition) is 5. The molecule has 3 aliphatic carbocycles. The largest absolute Gasteiger partial charge is 1.00 e. The first kappa shape index (κ1) is 107. The summed E-state index contributed by atoms with van der Waals surface area (Å²) in [5.74, 6) is 5.79. The molecule has 6 atom stereocenters. The van der Waals surface area contributed by atoms with Gasteiger partial charge in [-0.3, -0.25) is 4.79 Å². The predicted octanol–water partition coefficient (Wildman–Crippen LogP) is 18.1. The summed E-state index contributed by atoms with van der Waals surface area (Å²) in [5, 5.41) is 23.7. The van der Waals surface area contributed by atoms with Gasteiger partial charge in [0.15, 0.2) is 0 Å². The van der Waals surface area contributed by atoms with Crippen molar-refractivity contribution in [3.05, 3.63) is 263 Å². The summed E-state index contributed by atoms with van der Waals surface area (Å²) in [5.41, 5.74) is 10.3. The number of anilines is 3. The fourth-order valence-electron chi connectivity index (χ4n) is 20.3. The van der Waals surface area contributed by atoms with E-state index in [0.717, 1.165) is 189 Å². The van der Waals surface area contributed by atoms with Gasteiger partial charge >= 0.3 is 121 Å². The minimum Gasteiger partial charge on any atom is -1.00 e. The van der Waals surface area contributed by atoms with Crippen LogP contribution in [0.2, 0.25) is 15.1 Å². The Hall–Kier alpha value is -8.87. The van der Waals surface area contributed by atoms with Crippen molar-refractivity contribution in [1.82, 2.24) is 58.5 Å². The molecule has 722 valence electrons. The number of aromatic nitrogens is 9. The van der Waals surface area contributed by atoms with E-state index in [-0.39, 0.29) is 147 Å². The number of fused-ring (bicyclic) bond motifs is 3. The number of carbonyl (C=O) groups is 4. The molecule has 9 heterocycles. The third kappa shape index (κ3) is 29.9. The number of nitrogens with zero attached hydrogens (tertiary/aromatic N) is 10. The van der Waals surface area contributed by atoms with Crippen molar-refractivity contribution in [1.29, 1.82) is 0 Å². The number of nitrogens with one attached hydrogen (secondary N) is 5. The van der Waals surface area contributed by atoms with Crippen LogP contribution in [0.25, 0.3) is 66.5 Å². The maximum atomic E-state index is 13.7. The van der Waals surface area contributed by atoms with Crippen LogP contribution >= 0.6 is 34.8 Å². The molecule has 0 radical (unpaired) electrons. The van der Waals surface area contributed by atoms with Gasteiger partial charge < -0.3 is 66.4 Å². The molecule has 6 fully saturated rings. The maximum absolute atomic E-state index is 13.7. The molecule has 3 saturated heterocycles. The number of H-pyrrole nitrogens is 2. The fraction of sp³-hybridized carbons (Fsp3) is 0.402. The monoisotopic (exact) mass is 2010 g/mol. The van der Waals surface area contributed by atoms with Crippen molar-refractivity contribution in [2.45, 2.75) is 204 Å². The summed E-state index contributed by atoms with van der Waals surface area (Å²) >= 11 is 19.8. The predicted molar refractivity (Wildman–Crippen MR) is 539 cm³/mol. The minimum absolute atomic E-state index is 0. The standard InChI is InChI=1S/C39H42ClN5O4S.2C33H38ClN5O2.CH2O3.CH4.2K.H/c40-35-25-41-38(43-37(35)34-26-45(36-17-8-7-16-33(34)36)50(47,48)32-14-5-2-6-15-32)42-31-13-9-12-29(24-31)19-18-28-20-22-44(23-21-28)39(46)49-27-30-10-3-1-4-11-30;2*34-29-21-36-32(38-31(29)28-20-35-30-12-5-4-11-27(28)30)37-26-10-6-9-24(19-26)14-13-23-15-17-39(18-16-23)33(40)41-22-25-7-2-1-3-8-25;2-1-4-3;;;;/h1-8,10-11,14-17,25-26,28-29,31H,9,12-13,18-24,27H2,(H,41,42,43);2*1-5,7-8,11-12,20-21,23-24,26,35H,6,9-10,13-19,22H2,(H,36,37,38);1,3H;1H4;;;/q;;;;;2*+1;-1/p-1/t29-,31?;2*24-,26-;;;;;/m110...../s1. The van der Waals surface area contributed by atoms with Crippen molar-refractivity contribution in [3.8, 4) is 33.8 Å². The zero-order chi connectivity index (χ0) is 94.0. The molecule has 3 amide bonds. The number of benzene rings is 7. The second-order valence-electron chi connectivity index (χ2n) is 36.8. The molecule has 0 bridgehead atoms. The van der Waals surface area contributed by atoms with Crippen LogP contribution in [0, 0.1) is 35.5 Å².